The van der Waals surface area contributed by atoms with Crippen molar-refractivity contribution in [3.8, 4) is 0 Å². The average molecular weight is 765 g/mol. The van der Waals surface area contributed by atoms with Crippen LogP contribution in [-0.2, 0) is 19.2 Å². The number of carbonyl (C=O) groups is 4. The molecule has 0 saturated heterocycles. The molecule has 0 aromatic rings. The summed E-state index contributed by atoms with van der Waals surface area (Å²) in [5.41, 5.74) is -12.4. The monoisotopic (exact) mass is 764 g/mol. The maximum Gasteiger partial charge on any atom is 0.236 e. The van der Waals surface area contributed by atoms with E-state index in [4.69, 9.17) is 0 Å². The van der Waals surface area contributed by atoms with E-state index < -0.39 is 147 Å². The van der Waals surface area contributed by atoms with Gasteiger partial charge >= 0.3 is 0 Å². The third-order valence-electron chi connectivity index (χ3n) is 12.6. The normalized spacial score (nSPS) is 21.8. The van der Waals surface area contributed by atoms with Crippen LogP contribution in [-0.4, -0.2) is 186 Å². The van der Waals surface area contributed by atoms with Gasteiger partial charge in [0.25, 0.3) is 0 Å². The van der Waals surface area contributed by atoms with Crippen molar-refractivity contribution in [2.45, 2.75) is 73.5 Å². The van der Waals surface area contributed by atoms with Crippen LogP contribution in [0, 0.1) is 27.1 Å². The second-order valence-corrected chi connectivity index (χ2v) is 16.9. The summed E-state index contributed by atoms with van der Waals surface area (Å²) >= 11 is 0. The summed E-state index contributed by atoms with van der Waals surface area (Å²) in [6.45, 7) is -10.2. The molecular weight excluding hydrogens is 708 g/mol. The molecule has 0 radical (unpaired) electrons. The molecule has 304 valence electrons. The van der Waals surface area contributed by atoms with Crippen molar-refractivity contribution in [3.63, 3.8) is 0 Å². The van der Waals surface area contributed by atoms with Crippen LogP contribution in [0.3, 0.4) is 0 Å². The zero-order valence-electron chi connectivity index (χ0n) is 29.6. The largest absolute Gasteiger partial charge is 0.394 e. The highest BCUT2D eigenvalue weighted by molar-refractivity contribution is 6.08. The van der Waals surface area contributed by atoms with Crippen molar-refractivity contribution in [1.82, 2.24) is 21.3 Å². The minimum atomic E-state index is -1.86. The highest BCUT2D eigenvalue weighted by Crippen LogP contribution is 2.82. The van der Waals surface area contributed by atoms with Crippen molar-refractivity contribution in [2.75, 3.05) is 79.3 Å². The highest BCUT2D eigenvalue weighted by Gasteiger charge is 2.78. The van der Waals surface area contributed by atoms with E-state index in [1.807, 2.05) is 0 Å². The van der Waals surface area contributed by atoms with Gasteiger partial charge in [0.2, 0.25) is 23.6 Å². The molecule has 4 fully saturated rings. The minimum Gasteiger partial charge on any atom is -0.394 e. The first-order valence-electron chi connectivity index (χ1n) is 17.5. The van der Waals surface area contributed by atoms with Crippen LogP contribution in [0.2, 0.25) is 0 Å². The van der Waals surface area contributed by atoms with Gasteiger partial charge in [-0.15, -0.1) is 0 Å². The molecule has 0 aliphatic heterocycles. The van der Waals surface area contributed by atoms with Gasteiger partial charge < -0.3 is 82.5 Å². The Morgan fingerprint density at radius 2 is 0.472 bits per heavy atom. The van der Waals surface area contributed by atoms with E-state index in [0.29, 0.717) is 25.7 Å². The molecule has 3 spiro atoms. The molecular formula is C33H56N4O16. The molecule has 4 amide bonds. The number of rotatable bonds is 20. The predicted molar refractivity (Wildman–Crippen MR) is 178 cm³/mol. The lowest BCUT2D eigenvalue weighted by molar-refractivity contribution is -0.262. The van der Waals surface area contributed by atoms with Gasteiger partial charge in [-0.1, -0.05) is 0 Å². The van der Waals surface area contributed by atoms with Gasteiger partial charge in [0.05, 0.1) is 79.3 Å². The summed E-state index contributed by atoms with van der Waals surface area (Å²) in [7, 11) is 0. The molecule has 0 heterocycles. The van der Waals surface area contributed by atoms with Gasteiger partial charge in [-0.2, -0.15) is 0 Å². The fraction of sp³-hybridized carbons (Fsp3) is 0.879. The van der Waals surface area contributed by atoms with Crippen molar-refractivity contribution < 1.29 is 80.5 Å². The van der Waals surface area contributed by atoms with Crippen LogP contribution in [0.15, 0.2) is 0 Å². The first kappa shape index (κ1) is 43.1. The van der Waals surface area contributed by atoms with Crippen molar-refractivity contribution in [2.24, 2.45) is 27.1 Å². The Morgan fingerprint density at radius 3 is 0.623 bits per heavy atom. The Kier molecular flexibility index (Phi) is 12.3. The molecule has 4 saturated carbocycles. The van der Waals surface area contributed by atoms with E-state index in [2.05, 4.69) is 21.3 Å². The number of aliphatic hydroxyl groups is 12. The molecule has 4 rings (SSSR count). The Morgan fingerprint density at radius 1 is 0.321 bits per heavy atom. The van der Waals surface area contributed by atoms with E-state index in [1.165, 1.54) is 0 Å². The van der Waals surface area contributed by atoms with Crippen LogP contribution in [0.4, 0.5) is 0 Å². The predicted octanol–water partition coefficient (Wildman–Crippen LogP) is -7.58. The lowest BCUT2D eigenvalue weighted by atomic mass is 9.27. The van der Waals surface area contributed by atoms with Gasteiger partial charge in [0.15, 0.2) is 0 Å². The fourth-order valence-electron chi connectivity index (χ4n) is 9.65. The standard InChI is InChI=1S/C33H56N4O16/c38-9-28(10-39,11-40)34-21(50)32(22(51)35-29(12-41,13-42)14-43)5-26(6-32)1-25(2-26)3-27(4-25)7-33(8-27,23(52)36-30(15-44,16-45)17-46)24(53)37-31(18-47,19-48)20-49/h38-49H,1-20H2,(H,34,50)(H,35,51)(H,36,52)(H,37,53). The van der Waals surface area contributed by atoms with Crippen molar-refractivity contribution in [3.05, 3.63) is 0 Å². The average Bonchev–Trinajstić information content (AvgIpc) is 3.11. The summed E-state index contributed by atoms with van der Waals surface area (Å²) in [5, 5.41) is 127. The summed E-state index contributed by atoms with van der Waals surface area (Å²) in [6.07, 6.45) is 2.08. The van der Waals surface area contributed by atoms with Crippen molar-refractivity contribution >= 4 is 23.6 Å². The van der Waals surface area contributed by atoms with Crippen LogP contribution in [0.5, 0.6) is 0 Å². The van der Waals surface area contributed by atoms with Crippen LogP contribution in [0.25, 0.3) is 0 Å². The molecule has 53 heavy (non-hydrogen) atoms. The minimum absolute atomic E-state index is 0.0188. The lowest BCUT2D eigenvalue weighted by Gasteiger charge is -2.76. The zero-order chi connectivity index (χ0) is 39.8. The number of amides is 4. The quantitative estimate of drug-likeness (QED) is 0.0512. The van der Waals surface area contributed by atoms with Gasteiger partial charge in [0, 0.05) is 0 Å². The molecule has 0 unspecified atom stereocenters. The molecule has 0 bridgehead atoms. The summed E-state index contributed by atoms with van der Waals surface area (Å²) in [6, 6.07) is 0. The van der Waals surface area contributed by atoms with E-state index >= 15 is 0 Å². The fourth-order valence-corrected chi connectivity index (χ4v) is 9.65. The Balaban J connectivity index is 1.52. The number of carbonyl (C=O) groups excluding carboxylic acids is 4. The number of hydrogen-bond donors (Lipinski definition) is 16. The Labute approximate surface area is 305 Å². The Hall–Kier alpha value is -2.60. The first-order chi connectivity index (χ1) is 24.9. The summed E-state index contributed by atoms with van der Waals surface area (Å²) < 4.78 is 0. The first-order valence-corrected chi connectivity index (χ1v) is 17.5. The maximum atomic E-state index is 13.7. The highest BCUT2D eigenvalue weighted by atomic mass is 16.3. The Bertz CT molecular complexity index is 1140. The third-order valence-corrected chi connectivity index (χ3v) is 12.6. The molecule has 20 nitrogen and oxygen atoms in total. The molecule has 0 aromatic carbocycles. The van der Waals surface area contributed by atoms with Crippen LogP contribution >= 0.6 is 0 Å². The summed E-state index contributed by atoms with van der Waals surface area (Å²) in [4.78, 5) is 54.9. The topological polar surface area (TPSA) is 359 Å². The third kappa shape index (κ3) is 7.06. The van der Waals surface area contributed by atoms with Gasteiger partial charge in [-0.25, -0.2) is 0 Å². The molecule has 20 heteroatoms. The van der Waals surface area contributed by atoms with Gasteiger partial charge in [0.1, 0.15) is 33.0 Å². The zero-order valence-corrected chi connectivity index (χ0v) is 29.6. The molecule has 4 aliphatic carbocycles. The van der Waals surface area contributed by atoms with E-state index in [-0.39, 0.29) is 31.1 Å². The van der Waals surface area contributed by atoms with Gasteiger partial charge in [-0.3, -0.25) is 19.2 Å². The molecule has 0 atom stereocenters. The molecule has 4 aliphatic rings. The van der Waals surface area contributed by atoms with E-state index in [0.717, 1.165) is 0 Å². The second kappa shape index (κ2) is 15.1. The number of aliphatic hydroxyl groups excluding tert-OH is 12. The lowest BCUT2D eigenvalue weighted by Crippen LogP contribution is -2.76. The summed E-state index contributed by atoms with van der Waals surface area (Å²) in [5.74, 6) is -3.66. The van der Waals surface area contributed by atoms with Crippen LogP contribution in [0.1, 0.15) is 51.4 Å². The van der Waals surface area contributed by atoms with Gasteiger partial charge in [-0.05, 0) is 67.6 Å². The van der Waals surface area contributed by atoms with Crippen molar-refractivity contribution in [1.29, 1.82) is 0 Å². The second-order valence-electron chi connectivity index (χ2n) is 16.9. The molecule has 0 aromatic heterocycles. The number of nitrogens with one attached hydrogen (secondary N) is 4. The van der Waals surface area contributed by atoms with Crippen LogP contribution < -0.4 is 21.3 Å². The smallest absolute Gasteiger partial charge is 0.236 e. The van der Waals surface area contributed by atoms with E-state index in [9.17, 15) is 80.5 Å². The number of hydrogen-bond acceptors (Lipinski definition) is 16. The molecule has 16 N–H and O–H groups in total. The maximum absolute atomic E-state index is 13.7. The SMILES string of the molecule is O=C(NC(CO)(CO)CO)C1(C(=O)NC(CO)(CO)CO)CC2(CC3(C2)CC2(C3)CC(C(=O)NC(CO)(CO)CO)(C(=O)NC(CO)(CO)CO)C2)C1. The van der Waals surface area contributed by atoms with E-state index in [1.54, 1.807) is 0 Å².